The van der Waals surface area contributed by atoms with Crippen LogP contribution in [0.5, 0.6) is 0 Å². The molecule has 0 bridgehead atoms. The topological polar surface area (TPSA) is 26.3 Å². The summed E-state index contributed by atoms with van der Waals surface area (Å²) in [7, 11) is 0. The van der Waals surface area contributed by atoms with Crippen LogP contribution in [0, 0.1) is 0 Å². The van der Waals surface area contributed by atoms with E-state index >= 15 is 0 Å². The molecule has 1 saturated heterocycles. The van der Waals surface area contributed by atoms with Gasteiger partial charge in [0.25, 0.3) is 0 Å². The van der Waals surface area contributed by atoms with Crippen molar-refractivity contribution in [2.75, 3.05) is 0 Å². The van der Waals surface area contributed by atoms with Gasteiger partial charge in [-0.25, -0.2) is 0 Å². The zero-order valence-electron chi connectivity index (χ0n) is 8.63. The van der Waals surface area contributed by atoms with Crippen LogP contribution in [0.4, 0.5) is 0 Å². The summed E-state index contributed by atoms with van der Waals surface area (Å²) < 4.78 is 5.44. The molecule has 3 heteroatoms. The Morgan fingerprint density at radius 2 is 2.07 bits per heavy atom. The Hall–Kier alpha value is -1.02. The second-order valence-corrected chi connectivity index (χ2v) is 4.27. The van der Waals surface area contributed by atoms with Gasteiger partial charge in [0.1, 0.15) is 5.60 Å². The minimum atomic E-state index is -0.415. The largest absolute Gasteiger partial charge is 0.454 e. The SMILES string of the molecule is CCC1(c2ccc(Cl)cc2)CCC(=O)O1. The van der Waals surface area contributed by atoms with E-state index in [1.54, 1.807) is 0 Å². The predicted octanol–water partition coefficient (Wildman–Crippen LogP) is 3.28. The summed E-state index contributed by atoms with van der Waals surface area (Å²) in [5, 5.41) is 0.703. The lowest BCUT2D eigenvalue weighted by atomic mass is 9.88. The molecule has 1 heterocycles. The Bertz CT molecular complexity index is 372. The second-order valence-electron chi connectivity index (χ2n) is 3.83. The molecule has 1 aliphatic heterocycles. The smallest absolute Gasteiger partial charge is 0.306 e. The van der Waals surface area contributed by atoms with Crippen LogP contribution in [0.25, 0.3) is 0 Å². The lowest BCUT2D eigenvalue weighted by molar-refractivity contribution is -0.149. The van der Waals surface area contributed by atoms with Gasteiger partial charge in [-0.2, -0.15) is 0 Å². The van der Waals surface area contributed by atoms with Crippen molar-refractivity contribution in [2.24, 2.45) is 0 Å². The summed E-state index contributed by atoms with van der Waals surface area (Å²) in [5.41, 5.74) is 0.627. The number of hydrogen-bond acceptors (Lipinski definition) is 2. The number of hydrogen-bond donors (Lipinski definition) is 0. The third-order valence-corrected chi connectivity index (χ3v) is 3.24. The van der Waals surface area contributed by atoms with Crippen molar-refractivity contribution in [1.29, 1.82) is 0 Å². The molecule has 0 amide bonds. The molecule has 2 rings (SSSR count). The molecule has 15 heavy (non-hydrogen) atoms. The summed E-state index contributed by atoms with van der Waals surface area (Å²) in [6, 6.07) is 7.54. The third-order valence-electron chi connectivity index (χ3n) is 2.98. The van der Waals surface area contributed by atoms with Crippen molar-refractivity contribution in [2.45, 2.75) is 31.8 Å². The minimum Gasteiger partial charge on any atom is -0.454 e. The highest BCUT2D eigenvalue weighted by atomic mass is 35.5. The first-order valence-corrected chi connectivity index (χ1v) is 5.52. The Labute approximate surface area is 94.2 Å². The number of esters is 1. The van der Waals surface area contributed by atoms with Crippen molar-refractivity contribution in [1.82, 2.24) is 0 Å². The number of carbonyl (C=O) groups excluding carboxylic acids is 1. The first kappa shape index (κ1) is 10.5. The molecule has 0 saturated carbocycles. The van der Waals surface area contributed by atoms with Crippen LogP contribution in [0.15, 0.2) is 24.3 Å². The molecule has 0 spiro atoms. The molecule has 1 aliphatic rings. The summed E-state index contributed by atoms with van der Waals surface area (Å²) in [4.78, 5) is 11.2. The number of cyclic esters (lactones) is 1. The number of halogens is 1. The van der Waals surface area contributed by atoms with E-state index in [4.69, 9.17) is 16.3 Å². The van der Waals surface area contributed by atoms with Gasteiger partial charge in [-0.15, -0.1) is 0 Å². The van der Waals surface area contributed by atoms with E-state index in [-0.39, 0.29) is 5.97 Å². The normalized spacial score (nSPS) is 25.3. The van der Waals surface area contributed by atoms with Crippen LogP contribution in [-0.2, 0) is 15.1 Å². The molecule has 1 unspecified atom stereocenters. The lowest BCUT2D eigenvalue weighted by Crippen LogP contribution is -2.24. The zero-order chi connectivity index (χ0) is 10.9. The monoisotopic (exact) mass is 224 g/mol. The summed E-state index contributed by atoms with van der Waals surface area (Å²) in [5.74, 6) is -0.105. The Morgan fingerprint density at radius 1 is 1.40 bits per heavy atom. The average molecular weight is 225 g/mol. The fourth-order valence-corrected chi connectivity index (χ4v) is 2.16. The maximum Gasteiger partial charge on any atom is 0.306 e. The standard InChI is InChI=1S/C12H13ClO2/c1-2-12(8-7-11(14)15-12)9-3-5-10(13)6-4-9/h3-6H,2,7-8H2,1H3. The van der Waals surface area contributed by atoms with Gasteiger partial charge in [0.15, 0.2) is 0 Å². The van der Waals surface area contributed by atoms with Gasteiger partial charge in [-0.1, -0.05) is 30.7 Å². The van der Waals surface area contributed by atoms with E-state index in [0.717, 1.165) is 18.4 Å². The minimum absolute atomic E-state index is 0.105. The van der Waals surface area contributed by atoms with Crippen molar-refractivity contribution in [3.63, 3.8) is 0 Å². The average Bonchev–Trinajstić information content (AvgIpc) is 2.62. The van der Waals surface area contributed by atoms with Gasteiger partial charge in [0.05, 0.1) is 0 Å². The van der Waals surface area contributed by atoms with Gasteiger partial charge < -0.3 is 4.74 Å². The molecule has 1 aromatic rings. The van der Waals surface area contributed by atoms with E-state index in [0.29, 0.717) is 11.4 Å². The summed E-state index contributed by atoms with van der Waals surface area (Å²) in [6.45, 7) is 2.03. The van der Waals surface area contributed by atoms with E-state index in [9.17, 15) is 4.79 Å². The van der Waals surface area contributed by atoms with E-state index in [1.807, 2.05) is 31.2 Å². The molecule has 2 nitrogen and oxygen atoms in total. The zero-order valence-corrected chi connectivity index (χ0v) is 9.38. The fourth-order valence-electron chi connectivity index (χ4n) is 2.03. The number of carbonyl (C=O) groups is 1. The molecule has 1 aromatic carbocycles. The predicted molar refractivity (Wildman–Crippen MR) is 58.7 cm³/mol. The molecular weight excluding hydrogens is 212 g/mol. The number of rotatable bonds is 2. The van der Waals surface area contributed by atoms with Gasteiger partial charge in [-0.05, 0) is 24.1 Å². The van der Waals surface area contributed by atoms with Crippen molar-refractivity contribution >= 4 is 17.6 Å². The van der Waals surface area contributed by atoms with Gasteiger partial charge in [0, 0.05) is 17.9 Å². The summed E-state index contributed by atoms with van der Waals surface area (Å²) >= 11 is 5.83. The molecule has 0 aliphatic carbocycles. The van der Waals surface area contributed by atoms with Gasteiger partial charge >= 0.3 is 5.97 Å². The summed E-state index contributed by atoms with van der Waals surface area (Å²) in [6.07, 6.45) is 2.08. The van der Waals surface area contributed by atoms with Gasteiger partial charge in [-0.3, -0.25) is 4.79 Å². The highest BCUT2D eigenvalue weighted by Crippen LogP contribution is 2.39. The maximum absolute atomic E-state index is 11.2. The number of ether oxygens (including phenoxy) is 1. The van der Waals surface area contributed by atoms with E-state index in [1.165, 1.54) is 0 Å². The van der Waals surface area contributed by atoms with Crippen LogP contribution < -0.4 is 0 Å². The van der Waals surface area contributed by atoms with Crippen molar-refractivity contribution in [3.05, 3.63) is 34.9 Å². The second kappa shape index (κ2) is 3.86. The molecule has 80 valence electrons. The van der Waals surface area contributed by atoms with Crippen molar-refractivity contribution in [3.8, 4) is 0 Å². The van der Waals surface area contributed by atoms with Crippen LogP contribution in [0.1, 0.15) is 31.7 Å². The molecule has 0 radical (unpaired) electrons. The molecule has 0 N–H and O–H groups in total. The van der Waals surface area contributed by atoms with Crippen LogP contribution in [0.2, 0.25) is 5.02 Å². The molecule has 1 atom stereocenters. The lowest BCUT2D eigenvalue weighted by Gasteiger charge is -2.26. The van der Waals surface area contributed by atoms with Crippen LogP contribution >= 0.6 is 11.6 Å². The fraction of sp³-hybridized carbons (Fsp3) is 0.417. The van der Waals surface area contributed by atoms with E-state index < -0.39 is 5.60 Å². The molecular formula is C12H13ClO2. The quantitative estimate of drug-likeness (QED) is 0.721. The first-order chi connectivity index (χ1) is 7.16. The van der Waals surface area contributed by atoms with Crippen LogP contribution in [0.3, 0.4) is 0 Å². The van der Waals surface area contributed by atoms with E-state index in [2.05, 4.69) is 0 Å². The van der Waals surface area contributed by atoms with Gasteiger partial charge in [0.2, 0.25) is 0 Å². The Balaban J connectivity index is 2.34. The Morgan fingerprint density at radius 3 is 2.53 bits per heavy atom. The van der Waals surface area contributed by atoms with Crippen molar-refractivity contribution < 1.29 is 9.53 Å². The third kappa shape index (κ3) is 1.86. The molecule has 1 fully saturated rings. The number of benzene rings is 1. The maximum atomic E-state index is 11.2. The highest BCUT2D eigenvalue weighted by Gasteiger charge is 2.40. The highest BCUT2D eigenvalue weighted by molar-refractivity contribution is 6.30. The molecule has 0 aromatic heterocycles. The van der Waals surface area contributed by atoms with Crippen LogP contribution in [-0.4, -0.2) is 5.97 Å². The first-order valence-electron chi connectivity index (χ1n) is 5.14. The Kier molecular flexibility index (Phi) is 2.70.